The SMILES string of the molecule is NC(=O)N=S(=O)=O.O=c1ccc2ccccc2o1. The lowest BCUT2D eigenvalue weighted by Gasteiger charge is -1.91. The number of nitrogens with two attached hydrogens (primary N) is 1. The van der Waals surface area contributed by atoms with Crippen molar-refractivity contribution in [2.24, 2.45) is 10.1 Å². The Morgan fingerprint density at radius 2 is 1.83 bits per heavy atom. The van der Waals surface area contributed by atoms with E-state index in [1.54, 1.807) is 12.1 Å². The van der Waals surface area contributed by atoms with E-state index >= 15 is 0 Å². The summed E-state index contributed by atoms with van der Waals surface area (Å²) >= 11 is 0. The van der Waals surface area contributed by atoms with Crippen LogP contribution in [0.3, 0.4) is 0 Å². The van der Waals surface area contributed by atoms with Crippen LogP contribution in [0, 0.1) is 0 Å². The lowest BCUT2D eigenvalue weighted by atomic mass is 10.2. The van der Waals surface area contributed by atoms with E-state index in [0.29, 0.717) is 5.58 Å². The molecule has 0 bridgehead atoms. The molecule has 18 heavy (non-hydrogen) atoms. The van der Waals surface area contributed by atoms with Crippen molar-refractivity contribution in [2.45, 2.75) is 0 Å². The smallest absolute Gasteiger partial charge is 0.353 e. The number of hydrogen-bond acceptors (Lipinski definition) is 5. The van der Waals surface area contributed by atoms with Crippen molar-refractivity contribution in [3.05, 3.63) is 46.8 Å². The van der Waals surface area contributed by atoms with Gasteiger partial charge in [0.25, 0.3) is 0 Å². The average Bonchev–Trinajstić information content (AvgIpc) is 2.27. The van der Waals surface area contributed by atoms with Gasteiger partial charge >= 0.3 is 22.2 Å². The summed E-state index contributed by atoms with van der Waals surface area (Å²) in [5, 5.41) is 0.951. The van der Waals surface area contributed by atoms with Gasteiger partial charge in [-0.2, -0.15) is 8.42 Å². The highest BCUT2D eigenvalue weighted by Gasteiger charge is 1.92. The molecule has 1 aromatic heterocycles. The van der Waals surface area contributed by atoms with Crippen molar-refractivity contribution >= 4 is 27.5 Å². The molecule has 0 aliphatic rings. The van der Waals surface area contributed by atoms with Gasteiger partial charge in [-0.05, 0) is 12.1 Å². The first-order valence-electron chi connectivity index (χ1n) is 4.58. The number of benzene rings is 1. The number of primary amides is 1. The number of carbonyl (C=O) groups excluding carboxylic acids is 1. The summed E-state index contributed by atoms with van der Waals surface area (Å²) in [4.78, 5) is 20.2. The Balaban J connectivity index is 0.000000203. The monoisotopic (exact) mass is 268 g/mol. The molecule has 0 spiro atoms. The zero-order valence-corrected chi connectivity index (χ0v) is 9.75. The zero-order chi connectivity index (χ0) is 13.5. The van der Waals surface area contributed by atoms with E-state index < -0.39 is 16.5 Å². The molecular formula is C10H8N2O5S. The van der Waals surface area contributed by atoms with Crippen molar-refractivity contribution < 1.29 is 17.6 Å². The lowest BCUT2D eigenvalue weighted by molar-refractivity contribution is 0.257. The van der Waals surface area contributed by atoms with Crippen LogP contribution in [0.15, 0.2) is 50.0 Å². The summed E-state index contributed by atoms with van der Waals surface area (Å²) in [6.45, 7) is 0. The third-order valence-corrected chi connectivity index (χ3v) is 2.02. The number of nitrogens with zero attached hydrogens (tertiary/aromatic N) is 1. The molecule has 2 amide bonds. The third-order valence-electron chi connectivity index (χ3n) is 1.69. The Morgan fingerprint density at radius 3 is 2.39 bits per heavy atom. The Hall–Kier alpha value is -2.48. The maximum Gasteiger partial charge on any atom is 0.353 e. The van der Waals surface area contributed by atoms with Gasteiger partial charge in [0, 0.05) is 11.5 Å². The standard InChI is InChI=1S/C9H6O2.CH2N2O3S/c10-9-6-5-7-3-1-2-4-8(7)11-9;2-1(4)3-7(5)6/h1-6H;(H2,2,4). The van der Waals surface area contributed by atoms with Gasteiger partial charge in [-0.3, -0.25) is 0 Å². The van der Waals surface area contributed by atoms with Crippen LogP contribution in [0.2, 0.25) is 0 Å². The maximum atomic E-state index is 10.7. The molecule has 1 heterocycles. The first-order valence-corrected chi connectivity index (χ1v) is 5.61. The Morgan fingerprint density at radius 1 is 1.17 bits per heavy atom. The first-order chi connectivity index (χ1) is 8.49. The number of hydrogen-bond donors (Lipinski definition) is 1. The zero-order valence-electron chi connectivity index (χ0n) is 8.94. The van der Waals surface area contributed by atoms with Crippen molar-refractivity contribution in [3.63, 3.8) is 0 Å². The van der Waals surface area contributed by atoms with E-state index in [9.17, 15) is 18.0 Å². The Kier molecular flexibility index (Phi) is 4.76. The molecule has 0 atom stereocenters. The molecule has 0 unspecified atom stereocenters. The molecule has 0 saturated heterocycles. The minimum absolute atomic E-state index is 0.302. The molecule has 94 valence electrons. The molecule has 0 aliphatic heterocycles. The largest absolute Gasteiger partial charge is 0.423 e. The van der Waals surface area contributed by atoms with Gasteiger partial charge in [0.15, 0.2) is 0 Å². The topological polar surface area (TPSA) is 120 Å². The first kappa shape index (κ1) is 13.6. The number of rotatable bonds is 0. The quantitative estimate of drug-likeness (QED) is 0.712. The summed E-state index contributed by atoms with van der Waals surface area (Å²) in [6, 6.07) is 9.39. The normalized spacial score (nSPS) is 9.11. The highest BCUT2D eigenvalue weighted by atomic mass is 32.2. The number of amides is 2. The number of urea groups is 1. The second kappa shape index (κ2) is 6.30. The number of para-hydroxylation sites is 1. The molecule has 0 fully saturated rings. The van der Waals surface area contributed by atoms with E-state index in [2.05, 4.69) is 10.1 Å². The molecule has 7 nitrogen and oxygen atoms in total. The summed E-state index contributed by atoms with van der Waals surface area (Å²) in [7, 11) is -2.70. The third kappa shape index (κ3) is 4.58. The molecular weight excluding hydrogens is 260 g/mol. The predicted octanol–water partition coefficient (Wildman–Crippen LogP) is 0.921. The minimum atomic E-state index is -2.70. The van der Waals surface area contributed by atoms with Gasteiger partial charge in [0.1, 0.15) is 5.58 Å². The predicted molar refractivity (Wildman–Crippen MR) is 63.4 cm³/mol. The van der Waals surface area contributed by atoms with Crippen molar-refractivity contribution in [1.29, 1.82) is 0 Å². The molecule has 0 radical (unpaired) electrons. The molecule has 2 aromatic rings. The van der Waals surface area contributed by atoms with Crippen LogP contribution in [-0.2, 0) is 10.5 Å². The fraction of sp³-hybridized carbons (Fsp3) is 0. The fourth-order valence-corrected chi connectivity index (χ4v) is 1.23. The van der Waals surface area contributed by atoms with E-state index in [4.69, 9.17) is 4.42 Å². The van der Waals surface area contributed by atoms with Gasteiger partial charge in [-0.25, -0.2) is 9.59 Å². The van der Waals surface area contributed by atoms with Crippen LogP contribution in [0.4, 0.5) is 4.79 Å². The maximum absolute atomic E-state index is 10.7. The van der Waals surface area contributed by atoms with Gasteiger partial charge in [0.05, 0.1) is 0 Å². The molecule has 0 saturated carbocycles. The van der Waals surface area contributed by atoms with E-state index in [-0.39, 0.29) is 5.63 Å². The van der Waals surface area contributed by atoms with Gasteiger partial charge in [-0.15, -0.1) is 0 Å². The summed E-state index contributed by atoms with van der Waals surface area (Å²) in [6.07, 6.45) is 0. The van der Waals surface area contributed by atoms with Crippen LogP contribution < -0.4 is 11.4 Å². The van der Waals surface area contributed by atoms with Gasteiger partial charge in [0.2, 0.25) is 0 Å². The summed E-state index contributed by atoms with van der Waals surface area (Å²) in [5.41, 5.74) is 4.63. The Labute approximate surface area is 103 Å². The number of carbonyl (C=O) groups is 1. The molecule has 1 aromatic carbocycles. The van der Waals surface area contributed by atoms with Crippen LogP contribution in [0.1, 0.15) is 0 Å². The second-order valence-corrected chi connectivity index (χ2v) is 3.56. The molecule has 0 aliphatic carbocycles. The van der Waals surface area contributed by atoms with Crippen LogP contribution >= 0.6 is 0 Å². The lowest BCUT2D eigenvalue weighted by Crippen LogP contribution is -2.02. The second-order valence-electron chi connectivity index (χ2n) is 2.94. The Bertz CT molecular complexity index is 740. The molecule has 8 heteroatoms. The average molecular weight is 268 g/mol. The van der Waals surface area contributed by atoms with Crippen LogP contribution in [0.25, 0.3) is 11.0 Å². The molecule has 2 rings (SSSR count). The number of fused-ring (bicyclic) bond motifs is 1. The summed E-state index contributed by atoms with van der Waals surface area (Å²) < 4.78 is 25.9. The highest BCUT2D eigenvalue weighted by molar-refractivity contribution is 7.62. The van der Waals surface area contributed by atoms with Gasteiger partial charge in [-0.1, -0.05) is 22.6 Å². The minimum Gasteiger partial charge on any atom is -0.423 e. The fourth-order valence-electron chi connectivity index (χ4n) is 1.08. The van der Waals surface area contributed by atoms with Gasteiger partial charge < -0.3 is 10.2 Å². The van der Waals surface area contributed by atoms with Crippen LogP contribution in [0.5, 0.6) is 0 Å². The van der Waals surface area contributed by atoms with Crippen molar-refractivity contribution in [1.82, 2.24) is 0 Å². The van der Waals surface area contributed by atoms with Crippen molar-refractivity contribution in [2.75, 3.05) is 0 Å². The van der Waals surface area contributed by atoms with E-state index in [1.807, 2.05) is 18.2 Å². The molecule has 2 N–H and O–H groups in total. The highest BCUT2D eigenvalue weighted by Crippen LogP contribution is 2.08. The van der Waals surface area contributed by atoms with Crippen LogP contribution in [-0.4, -0.2) is 14.4 Å². The van der Waals surface area contributed by atoms with E-state index in [0.717, 1.165) is 5.39 Å². The summed E-state index contributed by atoms with van der Waals surface area (Å²) in [5.74, 6) is 0. The van der Waals surface area contributed by atoms with Crippen molar-refractivity contribution in [3.8, 4) is 0 Å². The van der Waals surface area contributed by atoms with E-state index in [1.165, 1.54) is 6.07 Å².